The van der Waals surface area contributed by atoms with E-state index in [2.05, 4.69) is 11.7 Å². The van der Waals surface area contributed by atoms with Crippen molar-refractivity contribution in [3.8, 4) is 28.0 Å². The van der Waals surface area contributed by atoms with Crippen molar-refractivity contribution in [2.75, 3.05) is 0 Å². The molecule has 0 atom stereocenters. The molecule has 152 valence electrons. The highest BCUT2D eigenvalue weighted by Crippen LogP contribution is 2.28. The molecule has 3 rings (SSSR count). The van der Waals surface area contributed by atoms with E-state index in [1.54, 1.807) is 18.2 Å². The van der Waals surface area contributed by atoms with Crippen LogP contribution in [0.25, 0.3) is 22.3 Å². The largest absolute Gasteiger partial charge is 0.435 e. The van der Waals surface area contributed by atoms with Gasteiger partial charge in [-0.05, 0) is 53.3 Å². The van der Waals surface area contributed by atoms with Crippen LogP contribution in [0.2, 0.25) is 0 Å². The third kappa shape index (κ3) is 5.86. The molecule has 0 aliphatic heterocycles. The van der Waals surface area contributed by atoms with Crippen molar-refractivity contribution in [3.05, 3.63) is 78.1 Å². The highest BCUT2D eigenvalue weighted by atomic mass is 19.3. The van der Waals surface area contributed by atoms with Gasteiger partial charge in [-0.2, -0.15) is 8.78 Å². The molecule has 0 amide bonds. The van der Waals surface area contributed by atoms with Crippen LogP contribution >= 0.6 is 0 Å². The predicted molar refractivity (Wildman–Crippen MR) is 112 cm³/mol. The van der Waals surface area contributed by atoms with Crippen LogP contribution in [-0.2, 0) is 6.42 Å². The maximum atomic E-state index is 14.6. The number of halogens is 3. The summed E-state index contributed by atoms with van der Waals surface area (Å²) in [5.41, 5.74) is 4.22. The Hall–Kier alpha value is -2.75. The highest BCUT2D eigenvalue weighted by Gasteiger charge is 2.08. The summed E-state index contributed by atoms with van der Waals surface area (Å²) in [6.45, 7) is -0.658. The molecule has 0 aliphatic carbocycles. The Labute approximate surface area is 170 Å². The standard InChI is InChI=1S/C25H25F3O/c1-2-3-4-5-6-18-7-16-23(24(26)17-18)21-10-8-19(9-11-21)20-12-14-22(15-13-20)29-25(27)28/h7-17,25H,2-6H2,1H3. The van der Waals surface area contributed by atoms with E-state index in [4.69, 9.17) is 0 Å². The lowest BCUT2D eigenvalue weighted by atomic mass is 9.98. The lowest BCUT2D eigenvalue weighted by molar-refractivity contribution is -0.0498. The lowest BCUT2D eigenvalue weighted by Crippen LogP contribution is -2.01. The van der Waals surface area contributed by atoms with E-state index in [1.165, 1.54) is 31.4 Å². The van der Waals surface area contributed by atoms with Crippen LogP contribution in [0.4, 0.5) is 13.2 Å². The maximum absolute atomic E-state index is 14.6. The van der Waals surface area contributed by atoms with Gasteiger partial charge in [0.15, 0.2) is 0 Å². The average Bonchev–Trinajstić information content (AvgIpc) is 2.72. The molecular formula is C25H25F3O. The molecule has 0 bridgehead atoms. The van der Waals surface area contributed by atoms with E-state index in [1.807, 2.05) is 36.4 Å². The second-order valence-corrected chi connectivity index (χ2v) is 7.11. The van der Waals surface area contributed by atoms with Gasteiger partial charge in [-0.25, -0.2) is 4.39 Å². The topological polar surface area (TPSA) is 9.23 Å². The normalized spacial score (nSPS) is 11.1. The lowest BCUT2D eigenvalue weighted by Gasteiger charge is -2.09. The van der Waals surface area contributed by atoms with Crippen LogP contribution in [-0.4, -0.2) is 6.61 Å². The van der Waals surface area contributed by atoms with E-state index < -0.39 is 6.61 Å². The molecule has 0 aromatic heterocycles. The van der Waals surface area contributed by atoms with Crippen molar-refractivity contribution < 1.29 is 17.9 Å². The number of ether oxygens (including phenoxy) is 1. The quantitative estimate of drug-likeness (QED) is 0.333. The van der Waals surface area contributed by atoms with E-state index in [0.717, 1.165) is 35.1 Å². The van der Waals surface area contributed by atoms with Gasteiger partial charge >= 0.3 is 6.61 Å². The third-order valence-electron chi connectivity index (χ3n) is 4.96. The van der Waals surface area contributed by atoms with E-state index in [-0.39, 0.29) is 11.6 Å². The molecule has 0 unspecified atom stereocenters. The molecule has 0 spiro atoms. The fourth-order valence-electron chi connectivity index (χ4n) is 3.38. The average molecular weight is 398 g/mol. The Morgan fingerprint density at radius 1 is 0.759 bits per heavy atom. The molecule has 0 saturated carbocycles. The van der Waals surface area contributed by atoms with Gasteiger partial charge < -0.3 is 4.74 Å². The first-order valence-corrected chi connectivity index (χ1v) is 10.0. The van der Waals surface area contributed by atoms with Crippen molar-refractivity contribution in [1.29, 1.82) is 0 Å². The Balaban J connectivity index is 1.69. The molecule has 3 aromatic rings. The van der Waals surface area contributed by atoms with Crippen LogP contribution in [0.1, 0.15) is 38.2 Å². The van der Waals surface area contributed by atoms with Gasteiger partial charge in [0, 0.05) is 5.56 Å². The minimum Gasteiger partial charge on any atom is -0.435 e. The summed E-state index contributed by atoms with van der Waals surface area (Å²) in [6.07, 6.45) is 5.58. The van der Waals surface area contributed by atoms with Crippen molar-refractivity contribution in [2.24, 2.45) is 0 Å². The molecule has 0 fully saturated rings. The number of aryl methyl sites for hydroxylation is 1. The Morgan fingerprint density at radius 3 is 1.97 bits per heavy atom. The summed E-state index contributed by atoms with van der Waals surface area (Å²) in [5, 5.41) is 0. The van der Waals surface area contributed by atoms with Crippen LogP contribution in [0.5, 0.6) is 5.75 Å². The molecule has 1 nitrogen and oxygen atoms in total. The Bertz CT molecular complexity index is 902. The molecular weight excluding hydrogens is 373 g/mol. The van der Waals surface area contributed by atoms with Crippen LogP contribution in [0.3, 0.4) is 0 Å². The summed E-state index contributed by atoms with van der Waals surface area (Å²) in [5.74, 6) is -0.0866. The zero-order chi connectivity index (χ0) is 20.6. The zero-order valence-corrected chi connectivity index (χ0v) is 16.5. The molecule has 0 aliphatic rings. The smallest absolute Gasteiger partial charge is 0.387 e. The Kier molecular flexibility index (Phi) is 7.34. The van der Waals surface area contributed by atoms with Gasteiger partial charge in [-0.3, -0.25) is 0 Å². The highest BCUT2D eigenvalue weighted by molar-refractivity contribution is 5.71. The van der Waals surface area contributed by atoms with Crippen molar-refractivity contribution >= 4 is 0 Å². The predicted octanol–water partition coefficient (Wildman–Crippen LogP) is 7.88. The summed E-state index contributed by atoms with van der Waals surface area (Å²) in [7, 11) is 0. The van der Waals surface area contributed by atoms with Crippen LogP contribution in [0.15, 0.2) is 66.7 Å². The first kappa shape index (κ1) is 21.0. The number of benzene rings is 3. The third-order valence-corrected chi connectivity index (χ3v) is 4.96. The minimum absolute atomic E-state index is 0.122. The van der Waals surface area contributed by atoms with Gasteiger partial charge in [0.2, 0.25) is 0 Å². The molecule has 0 radical (unpaired) electrons. The summed E-state index contributed by atoms with van der Waals surface area (Å²) in [6, 6.07) is 19.5. The molecule has 3 aromatic carbocycles. The van der Waals surface area contributed by atoms with E-state index >= 15 is 0 Å². The van der Waals surface area contributed by atoms with Crippen molar-refractivity contribution in [1.82, 2.24) is 0 Å². The monoisotopic (exact) mass is 398 g/mol. The van der Waals surface area contributed by atoms with Crippen LogP contribution in [0, 0.1) is 5.82 Å². The van der Waals surface area contributed by atoms with E-state index in [9.17, 15) is 13.2 Å². The molecule has 0 N–H and O–H groups in total. The van der Waals surface area contributed by atoms with E-state index in [0.29, 0.717) is 5.56 Å². The van der Waals surface area contributed by atoms with Crippen molar-refractivity contribution in [2.45, 2.75) is 45.6 Å². The summed E-state index contributed by atoms with van der Waals surface area (Å²) < 4.78 is 43.5. The fourth-order valence-corrected chi connectivity index (χ4v) is 3.38. The second kappa shape index (κ2) is 10.1. The minimum atomic E-state index is -2.84. The van der Waals surface area contributed by atoms with Gasteiger partial charge in [-0.15, -0.1) is 0 Å². The summed E-state index contributed by atoms with van der Waals surface area (Å²) in [4.78, 5) is 0. The first-order chi connectivity index (χ1) is 14.1. The number of hydrogen-bond donors (Lipinski definition) is 0. The first-order valence-electron chi connectivity index (χ1n) is 10.0. The summed E-state index contributed by atoms with van der Waals surface area (Å²) >= 11 is 0. The Morgan fingerprint density at radius 2 is 1.38 bits per heavy atom. The zero-order valence-electron chi connectivity index (χ0n) is 16.5. The number of unbranched alkanes of at least 4 members (excludes halogenated alkanes) is 3. The number of alkyl halides is 2. The molecule has 4 heteroatoms. The molecule has 0 heterocycles. The maximum Gasteiger partial charge on any atom is 0.387 e. The van der Waals surface area contributed by atoms with Gasteiger partial charge in [-0.1, -0.05) is 74.7 Å². The SMILES string of the molecule is CCCCCCc1ccc(-c2ccc(-c3ccc(OC(F)F)cc3)cc2)c(F)c1. The van der Waals surface area contributed by atoms with Gasteiger partial charge in [0.05, 0.1) is 0 Å². The number of hydrogen-bond acceptors (Lipinski definition) is 1. The van der Waals surface area contributed by atoms with Gasteiger partial charge in [0.1, 0.15) is 11.6 Å². The fraction of sp³-hybridized carbons (Fsp3) is 0.280. The van der Waals surface area contributed by atoms with Crippen LogP contribution < -0.4 is 4.74 Å². The number of rotatable bonds is 9. The second-order valence-electron chi connectivity index (χ2n) is 7.11. The van der Waals surface area contributed by atoms with Gasteiger partial charge in [0.25, 0.3) is 0 Å². The molecule has 0 saturated heterocycles. The molecule has 29 heavy (non-hydrogen) atoms. The van der Waals surface area contributed by atoms with Crippen molar-refractivity contribution in [3.63, 3.8) is 0 Å².